The Kier molecular flexibility index (Phi) is 6.86. The number of anilines is 1. The highest BCUT2D eigenvalue weighted by atomic mass is 32.2. The minimum absolute atomic E-state index is 0.175. The maximum absolute atomic E-state index is 11.6. The third-order valence-electron chi connectivity index (χ3n) is 4.95. The van der Waals surface area contributed by atoms with Crippen LogP contribution >= 0.6 is 11.8 Å². The molecule has 5 nitrogen and oxygen atoms in total. The lowest BCUT2D eigenvalue weighted by molar-refractivity contribution is -0.151. The van der Waals surface area contributed by atoms with Crippen molar-refractivity contribution in [3.63, 3.8) is 0 Å². The van der Waals surface area contributed by atoms with Crippen molar-refractivity contribution in [2.75, 3.05) is 23.8 Å². The third kappa shape index (κ3) is 4.45. The van der Waals surface area contributed by atoms with Crippen LogP contribution in [0.25, 0.3) is 0 Å². The summed E-state index contributed by atoms with van der Waals surface area (Å²) in [6.07, 6.45) is -1.08. The summed E-state index contributed by atoms with van der Waals surface area (Å²) >= 11 is 1.86. The number of carbonyl (C=O) groups is 1. The molecule has 0 radical (unpaired) electrons. The van der Waals surface area contributed by atoms with E-state index in [-0.39, 0.29) is 12.1 Å². The molecular formula is C22H27NO4S. The second-order valence-electron chi connectivity index (χ2n) is 6.77. The largest absolute Gasteiger partial charge is 0.479 e. The Balaban J connectivity index is 1.83. The van der Waals surface area contributed by atoms with Crippen LogP contribution in [0.3, 0.4) is 0 Å². The lowest BCUT2D eigenvalue weighted by Gasteiger charge is -2.36. The molecule has 0 spiro atoms. The molecular weight excluding hydrogens is 374 g/mol. The Hall–Kier alpha value is -2.18. The number of rotatable bonds is 8. The molecule has 3 unspecified atom stereocenters. The van der Waals surface area contributed by atoms with Gasteiger partial charge in [-0.1, -0.05) is 37.3 Å². The van der Waals surface area contributed by atoms with Gasteiger partial charge in [0.25, 0.3) is 0 Å². The molecule has 1 aliphatic rings. The topological polar surface area (TPSA) is 59.0 Å². The Morgan fingerprint density at radius 3 is 2.64 bits per heavy atom. The quantitative estimate of drug-likeness (QED) is 0.697. The van der Waals surface area contributed by atoms with Crippen LogP contribution in [0.2, 0.25) is 0 Å². The van der Waals surface area contributed by atoms with Crippen molar-refractivity contribution in [2.24, 2.45) is 0 Å². The van der Waals surface area contributed by atoms with Crippen molar-refractivity contribution in [1.29, 1.82) is 0 Å². The first-order valence-corrected chi connectivity index (χ1v) is 10.6. The number of hydrogen-bond donors (Lipinski definition) is 1. The van der Waals surface area contributed by atoms with Gasteiger partial charge in [0, 0.05) is 35.3 Å². The number of para-hydroxylation sites is 2. The molecule has 150 valence electrons. The summed E-state index contributed by atoms with van der Waals surface area (Å²) in [6.45, 7) is 6.96. The Morgan fingerprint density at radius 1 is 1.18 bits per heavy atom. The number of hydrogen-bond acceptors (Lipinski definition) is 5. The molecule has 1 heterocycles. The van der Waals surface area contributed by atoms with Gasteiger partial charge in [0.1, 0.15) is 5.75 Å². The van der Waals surface area contributed by atoms with Gasteiger partial charge in [0.15, 0.2) is 12.3 Å². The van der Waals surface area contributed by atoms with Crippen molar-refractivity contribution < 1.29 is 19.4 Å². The minimum Gasteiger partial charge on any atom is -0.479 e. The number of benzene rings is 2. The van der Waals surface area contributed by atoms with Crippen molar-refractivity contribution in [1.82, 2.24) is 0 Å². The Bertz CT molecular complexity index is 813. The molecule has 0 amide bonds. The predicted octanol–water partition coefficient (Wildman–Crippen LogP) is 4.62. The number of aliphatic carboxylic acids is 1. The molecule has 0 saturated carbocycles. The van der Waals surface area contributed by atoms with Crippen LogP contribution in [0.15, 0.2) is 53.4 Å². The Morgan fingerprint density at radius 2 is 1.89 bits per heavy atom. The van der Waals surface area contributed by atoms with Gasteiger partial charge in [0.2, 0.25) is 0 Å². The van der Waals surface area contributed by atoms with E-state index >= 15 is 0 Å². The molecule has 2 aromatic carbocycles. The van der Waals surface area contributed by atoms with Gasteiger partial charge >= 0.3 is 5.97 Å². The van der Waals surface area contributed by atoms with E-state index < -0.39 is 12.1 Å². The molecule has 0 fully saturated rings. The lowest BCUT2D eigenvalue weighted by Crippen LogP contribution is -2.41. The van der Waals surface area contributed by atoms with Crippen molar-refractivity contribution in [2.45, 2.75) is 43.9 Å². The van der Waals surface area contributed by atoms with Crippen LogP contribution in [-0.2, 0) is 9.53 Å². The standard InChI is InChI=1S/C22H27NO4S/c1-4-26-21(22(24)25)15(2)17-9-5-7-11-19(17)27-16(3)23-13-14-28-20-12-8-6-10-18(20)23/h5-12,15-16,21H,4,13-14H2,1-3H3,(H,24,25). The molecule has 1 N–H and O–H groups in total. The highest BCUT2D eigenvalue weighted by Crippen LogP contribution is 2.37. The molecule has 6 heteroatoms. The van der Waals surface area contributed by atoms with E-state index in [9.17, 15) is 9.90 Å². The van der Waals surface area contributed by atoms with E-state index in [4.69, 9.17) is 9.47 Å². The zero-order valence-electron chi connectivity index (χ0n) is 16.5. The monoisotopic (exact) mass is 401 g/mol. The number of ether oxygens (including phenoxy) is 2. The van der Waals surface area contributed by atoms with Gasteiger partial charge in [-0.05, 0) is 32.0 Å². The van der Waals surface area contributed by atoms with Crippen molar-refractivity contribution in [3.05, 3.63) is 54.1 Å². The van der Waals surface area contributed by atoms with E-state index in [2.05, 4.69) is 23.1 Å². The lowest BCUT2D eigenvalue weighted by atomic mass is 9.94. The molecule has 0 aliphatic carbocycles. The predicted molar refractivity (Wildman–Crippen MR) is 113 cm³/mol. The van der Waals surface area contributed by atoms with E-state index in [0.29, 0.717) is 12.4 Å². The van der Waals surface area contributed by atoms with Crippen LogP contribution < -0.4 is 9.64 Å². The number of carboxylic acids is 1. The zero-order chi connectivity index (χ0) is 20.1. The van der Waals surface area contributed by atoms with Crippen LogP contribution in [0.4, 0.5) is 5.69 Å². The highest BCUT2D eigenvalue weighted by molar-refractivity contribution is 7.99. The van der Waals surface area contributed by atoms with Crippen LogP contribution in [0.5, 0.6) is 5.75 Å². The van der Waals surface area contributed by atoms with Gasteiger partial charge < -0.3 is 19.5 Å². The first kappa shape index (κ1) is 20.6. The average Bonchev–Trinajstić information content (AvgIpc) is 2.71. The smallest absolute Gasteiger partial charge is 0.333 e. The van der Waals surface area contributed by atoms with Gasteiger partial charge in [0.05, 0.1) is 5.69 Å². The molecule has 3 atom stereocenters. The highest BCUT2D eigenvalue weighted by Gasteiger charge is 2.29. The number of fused-ring (bicyclic) bond motifs is 1. The maximum Gasteiger partial charge on any atom is 0.333 e. The zero-order valence-corrected chi connectivity index (χ0v) is 17.3. The summed E-state index contributed by atoms with van der Waals surface area (Å²) in [5, 5.41) is 9.55. The van der Waals surface area contributed by atoms with Gasteiger partial charge in [-0.2, -0.15) is 0 Å². The summed E-state index contributed by atoms with van der Waals surface area (Å²) in [6, 6.07) is 16.0. The SMILES string of the molecule is CCOC(C(=O)O)C(C)c1ccccc1OC(C)N1CCSc2ccccc21. The third-order valence-corrected chi connectivity index (χ3v) is 6.00. The van der Waals surface area contributed by atoms with Gasteiger partial charge in [-0.3, -0.25) is 0 Å². The van der Waals surface area contributed by atoms with Gasteiger partial charge in [-0.15, -0.1) is 11.8 Å². The molecule has 0 saturated heterocycles. The number of nitrogens with zero attached hydrogens (tertiary/aromatic N) is 1. The normalized spacial score (nSPS) is 16.8. The summed E-state index contributed by atoms with van der Waals surface area (Å²) < 4.78 is 11.8. The molecule has 3 rings (SSSR count). The van der Waals surface area contributed by atoms with E-state index in [1.165, 1.54) is 10.6 Å². The fourth-order valence-corrected chi connectivity index (χ4v) is 4.57. The average molecular weight is 402 g/mol. The second kappa shape index (κ2) is 9.34. The molecule has 0 bridgehead atoms. The van der Waals surface area contributed by atoms with Crippen molar-refractivity contribution >= 4 is 23.4 Å². The maximum atomic E-state index is 11.6. The number of thioether (sulfide) groups is 1. The first-order valence-electron chi connectivity index (χ1n) is 9.61. The summed E-state index contributed by atoms with van der Waals surface area (Å²) in [4.78, 5) is 15.2. The van der Waals surface area contributed by atoms with Crippen molar-refractivity contribution in [3.8, 4) is 5.75 Å². The summed E-state index contributed by atoms with van der Waals surface area (Å²) in [5.74, 6) is 0.419. The molecule has 28 heavy (non-hydrogen) atoms. The number of carboxylic acid groups (broad SMARTS) is 1. The first-order chi connectivity index (χ1) is 13.5. The van der Waals surface area contributed by atoms with E-state index in [1.807, 2.05) is 55.9 Å². The fourth-order valence-electron chi connectivity index (χ4n) is 3.55. The fraction of sp³-hybridized carbons (Fsp3) is 0.409. The molecule has 0 aromatic heterocycles. The van der Waals surface area contributed by atoms with Crippen LogP contribution in [0.1, 0.15) is 32.3 Å². The second-order valence-corrected chi connectivity index (χ2v) is 7.90. The van der Waals surface area contributed by atoms with E-state index in [0.717, 1.165) is 17.9 Å². The summed E-state index contributed by atoms with van der Waals surface area (Å²) in [5.41, 5.74) is 2.02. The molecule has 2 aromatic rings. The van der Waals surface area contributed by atoms with Crippen LogP contribution in [0, 0.1) is 0 Å². The molecule has 1 aliphatic heterocycles. The van der Waals surface area contributed by atoms with Crippen LogP contribution in [-0.4, -0.2) is 42.3 Å². The van der Waals surface area contributed by atoms with Gasteiger partial charge in [-0.25, -0.2) is 4.79 Å². The Labute approximate surface area is 170 Å². The summed E-state index contributed by atoms with van der Waals surface area (Å²) in [7, 11) is 0. The minimum atomic E-state index is -0.959. The van der Waals surface area contributed by atoms with E-state index in [1.54, 1.807) is 6.92 Å².